The number of nitrogens with one attached hydrogen (secondary N) is 2. The van der Waals surface area contributed by atoms with Gasteiger partial charge in [-0.05, 0) is 49.7 Å². The molecule has 8 nitrogen and oxygen atoms in total. The van der Waals surface area contributed by atoms with Crippen LogP contribution < -0.4 is 19.7 Å². The van der Waals surface area contributed by atoms with Crippen LogP contribution in [0.2, 0.25) is 0 Å². The number of nitrogens with zero attached hydrogens (tertiary/aromatic N) is 1. The first-order valence-corrected chi connectivity index (χ1v) is 12.6. The number of sulfonamides is 1. The number of hydrogen-bond acceptors (Lipinski definition) is 5. The van der Waals surface area contributed by atoms with Crippen LogP contribution in [0.5, 0.6) is 5.75 Å². The SMILES string of the molecule is CCC(C)NC(=O)c1ccccc1NC(=O)CN(c1ccccc1OC)S(=O)(=O)c1ccccc1. The van der Waals surface area contributed by atoms with Crippen molar-refractivity contribution in [3.05, 3.63) is 84.4 Å². The third-order valence-corrected chi connectivity index (χ3v) is 7.18. The molecule has 0 aliphatic carbocycles. The predicted octanol–water partition coefficient (Wildman–Crippen LogP) is 4.06. The molecule has 0 saturated carbocycles. The molecule has 0 saturated heterocycles. The van der Waals surface area contributed by atoms with Gasteiger partial charge in [-0.1, -0.05) is 49.4 Å². The second-order valence-corrected chi connectivity index (χ2v) is 9.74. The van der Waals surface area contributed by atoms with E-state index >= 15 is 0 Å². The Kier molecular flexibility index (Phi) is 8.48. The van der Waals surface area contributed by atoms with Gasteiger partial charge in [-0.3, -0.25) is 13.9 Å². The lowest BCUT2D eigenvalue weighted by Gasteiger charge is -2.25. The summed E-state index contributed by atoms with van der Waals surface area (Å²) in [5.74, 6) is -0.638. The lowest BCUT2D eigenvalue weighted by atomic mass is 10.1. The normalized spacial score (nSPS) is 11.9. The van der Waals surface area contributed by atoms with Gasteiger partial charge in [0.2, 0.25) is 5.91 Å². The Balaban J connectivity index is 1.94. The van der Waals surface area contributed by atoms with Crippen molar-refractivity contribution in [3.63, 3.8) is 0 Å². The first-order valence-electron chi connectivity index (χ1n) is 11.2. The Morgan fingerprint density at radius 1 is 0.943 bits per heavy atom. The molecule has 3 aromatic carbocycles. The fraction of sp³-hybridized carbons (Fsp3) is 0.231. The van der Waals surface area contributed by atoms with E-state index in [1.807, 2.05) is 13.8 Å². The zero-order valence-corrected chi connectivity index (χ0v) is 20.7. The highest BCUT2D eigenvalue weighted by Gasteiger charge is 2.29. The molecule has 0 aliphatic heterocycles. The number of ether oxygens (including phenoxy) is 1. The van der Waals surface area contributed by atoms with Crippen LogP contribution in [-0.4, -0.2) is 39.9 Å². The van der Waals surface area contributed by atoms with Gasteiger partial charge in [-0.2, -0.15) is 0 Å². The monoisotopic (exact) mass is 495 g/mol. The van der Waals surface area contributed by atoms with Gasteiger partial charge in [-0.15, -0.1) is 0 Å². The number of carbonyl (C=O) groups is 2. The predicted molar refractivity (Wildman–Crippen MR) is 136 cm³/mol. The summed E-state index contributed by atoms with van der Waals surface area (Å²) >= 11 is 0. The smallest absolute Gasteiger partial charge is 0.264 e. The van der Waals surface area contributed by atoms with Gasteiger partial charge in [0, 0.05) is 6.04 Å². The van der Waals surface area contributed by atoms with Crippen LogP contribution in [0.4, 0.5) is 11.4 Å². The van der Waals surface area contributed by atoms with Crippen molar-refractivity contribution < 1.29 is 22.7 Å². The van der Waals surface area contributed by atoms with Gasteiger partial charge in [-0.25, -0.2) is 8.42 Å². The molecule has 184 valence electrons. The van der Waals surface area contributed by atoms with Gasteiger partial charge in [0.25, 0.3) is 15.9 Å². The van der Waals surface area contributed by atoms with E-state index in [2.05, 4.69) is 10.6 Å². The van der Waals surface area contributed by atoms with Gasteiger partial charge in [0.15, 0.2) is 0 Å². The summed E-state index contributed by atoms with van der Waals surface area (Å²) in [5, 5.41) is 5.57. The van der Waals surface area contributed by atoms with Crippen LogP contribution >= 0.6 is 0 Å². The van der Waals surface area contributed by atoms with Crippen LogP contribution in [0, 0.1) is 0 Å². The molecule has 35 heavy (non-hydrogen) atoms. The number of hydrogen-bond donors (Lipinski definition) is 2. The van der Waals surface area contributed by atoms with Crippen LogP contribution in [0.1, 0.15) is 30.6 Å². The maximum Gasteiger partial charge on any atom is 0.264 e. The molecule has 0 spiro atoms. The number of anilines is 2. The molecule has 0 fully saturated rings. The molecule has 0 aliphatic rings. The minimum Gasteiger partial charge on any atom is -0.495 e. The van der Waals surface area contributed by atoms with E-state index < -0.39 is 22.5 Å². The highest BCUT2D eigenvalue weighted by atomic mass is 32.2. The summed E-state index contributed by atoms with van der Waals surface area (Å²) in [5.41, 5.74) is 0.795. The van der Waals surface area contributed by atoms with E-state index in [1.165, 1.54) is 19.2 Å². The highest BCUT2D eigenvalue weighted by molar-refractivity contribution is 7.92. The summed E-state index contributed by atoms with van der Waals surface area (Å²) in [4.78, 5) is 25.9. The number of carbonyl (C=O) groups excluding carboxylic acids is 2. The number of methoxy groups -OCH3 is 1. The molecule has 0 aromatic heterocycles. The molecule has 2 amide bonds. The van der Waals surface area contributed by atoms with Crippen LogP contribution in [0.15, 0.2) is 83.8 Å². The summed E-state index contributed by atoms with van der Waals surface area (Å²) in [6.07, 6.45) is 0.755. The van der Waals surface area contributed by atoms with E-state index in [-0.39, 0.29) is 33.8 Å². The van der Waals surface area contributed by atoms with E-state index in [9.17, 15) is 18.0 Å². The quantitative estimate of drug-likeness (QED) is 0.441. The minimum absolute atomic E-state index is 0.0343. The summed E-state index contributed by atoms with van der Waals surface area (Å²) in [6.45, 7) is 3.32. The van der Waals surface area contributed by atoms with E-state index in [1.54, 1.807) is 66.7 Å². The summed E-state index contributed by atoms with van der Waals surface area (Å²) < 4.78 is 33.5. The maximum atomic E-state index is 13.5. The Hall–Kier alpha value is -3.85. The van der Waals surface area contributed by atoms with E-state index in [0.29, 0.717) is 5.75 Å². The molecule has 0 bridgehead atoms. The van der Waals surface area contributed by atoms with Crippen molar-refractivity contribution in [2.45, 2.75) is 31.2 Å². The molecular formula is C26H29N3O5S. The maximum absolute atomic E-state index is 13.5. The standard InChI is InChI=1S/C26H29N3O5S/c1-4-19(2)27-26(31)21-14-8-9-15-22(21)28-25(30)18-29(23-16-10-11-17-24(23)34-3)35(32,33)20-12-6-5-7-13-20/h5-17,19H,4,18H2,1-3H3,(H,27,31)(H,28,30). The molecule has 0 radical (unpaired) electrons. The molecule has 3 aromatic rings. The fourth-order valence-corrected chi connectivity index (χ4v) is 4.82. The molecule has 2 N–H and O–H groups in total. The zero-order chi connectivity index (χ0) is 25.4. The zero-order valence-electron chi connectivity index (χ0n) is 19.9. The average Bonchev–Trinajstić information content (AvgIpc) is 2.87. The molecule has 1 atom stereocenters. The third-order valence-electron chi connectivity index (χ3n) is 5.41. The minimum atomic E-state index is -4.11. The third kappa shape index (κ3) is 6.19. The molecule has 1 unspecified atom stereocenters. The van der Waals surface area contributed by atoms with Crippen LogP contribution in [0.3, 0.4) is 0 Å². The van der Waals surface area contributed by atoms with E-state index in [4.69, 9.17) is 4.74 Å². The number of para-hydroxylation sites is 3. The first-order chi connectivity index (χ1) is 16.8. The average molecular weight is 496 g/mol. The summed E-state index contributed by atoms with van der Waals surface area (Å²) in [7, 11) is -2.68. The van der Waals surface area contributed by atoms with Crippen molar-refractivity contribution in [2.75, 3.05) is 23.3 Å². The fourth-order valence-electron chi connectivity index (χ4n) is 3.37. The van der Waals surface area contributed by atoms with Crippen molar-refractivity contribution in [1.82, 2.24) is 5.32 Å². The van der Waals surface area contributed by atoms with Gasteiger partial charge >= 0.3 is 0 Å². The lowest BCUT2D eigenvalue weighted by molar-refractivity contribution is -0.114. The Bertz CT molecular complexity index is 1280. The second-order valence-electron chi connectivity index (χ2n) is 7.87. The van der Waals surface area contributed by atoms with Gasteiger partial charge in [0.1, 0.15) is 12.3 Å². The molecule has 9 heteroatoms. The van der Waals surface area contributed by atoms with Gasteiger partial charge in [0.05, 0.1) is 28.9 Å². The van der Waals surface area contributed by atoms with Gasteiger partial charge < -0.3 is 15.4 Å². The van der Waals surface area contributed by atoms with Crippen LogP contribution in [-0.2, 0) is 14.8 Å². The summed E-state index contributed by atoms with van der Waals surface area (Å²) in [6, 6.07) is 21.0. The Morgan fingerprint density at radius 2 is 1.57 bits per heavy atom. The largest absolute Gasteiger partial charge is 0.495 e. The van der Waals surface area contributed by atoms with Crippen molar-refractivity contribution in [2.24, 2.45) is 0 Å². The second kappa shape index (κ2) is 11.5. The van der Waals surface area contributed by atoms with Crippen molar-refractivity contribution >= 4 is 33.2 Å². The Labute approximate surface area is 206 Å². The van der Waals surface area contributed by atoms with E-state index in [0.717, 1.165) is 10.7 Å². The Morgan fingerprint density at radius 3 is 2.26 bits per heavy atom. The topological polar surface area (TPSA) is 105 Å². The van der Waals surface area contributed by atoms with Crippen molar-refractivity contribution in [3.8, 4) is 5.75 Å². The number of rotatable bonds is 10. The van der Waals surface area contributed by atoms with Crippen LogP contribution in [0.25, 0.3) is 0 Å². The number of amides is 2. The highest BCUT2D eigenvalue weighted by Crippen LogP contribution is 2.32. The lowest BCUT2D eigenvalue weighted by Crippen LogP contribution is -2.39. The van der Waals surface area contributed by atoms with Crippen molar-refractivity contribution in [1.29, 1.82) is 0 Å². The molecular weight excluding hydrogens is 466 g/mol. The molecule has 0 heterocycles. The number of benzene rings is 3. The first kappa shape index (κ1) is 25.8. The molecule has 3 rings (SSSR count).